The average Bonchev–Trinajstić information content (AvgIpc) is 1.77. The summed E-state index contributed by atoms with van der Waals surface area (Å²) in [6, 6.07) is 0. The van der Waals surface area contributed by atoms with E-state index in [1.807, 2.05) is 0 Å². The number of hydrogen-bond donors (Lipinski definition) is 1. The molecule has 0 aromatic heterocycles. The first-order valence-corrected chi connectivity index (χ1v) is 3.98. The maximum absolute atomic E-state index is 5.90. The summed E-state index contributed by atoms with van der Waals surface area (Å²) in [7, 11) is 0. The maximum Gasteiger partial charge on any atom is 0.0415 e. The van der Waals surface area contributed by atoms with Gasteiger partial charge in [0.05, 0.1) is 0 Å². The van der Waals surface area contributed by atoms with Crippen molar-refractivity contribution in [3.05, 3.63) is 22.4 Å². The van der Waals surface area contributed by atoms with Crippen LogP contribution in [0.25, 0.3) is 0 Å². The Morgan fingerprint density at radius 3 is 3.00 bits per heavy atom. The van der Waals surface area contributed by atoms with Crippen LogP contribution in [-0.2, 0) is 0 Å². The second kappa shape index (κ2) is 2.03. The molecule has 0 bridgehead atoms. The molecule has 0 aromatic carbocycles. The third-order valence-electron chi connectivity index (χ3n) is 2.14. The van der Waals surface area contributed by atoms with Gasteiger partial charge >= 0.3 is 0 Å². The van der Waals surface area contributed by atoms with Crippen molar-refractivity contribution in [2.24, 2.45) is 5.92 Å². The molecule has 2 rings (SSSR count). The van der Waals surface area contributed by atoms with E-state index in [9.17, 15) is 0 Å². The molecular weight excluding hydrogens is 146 g/mol. The average molecular weight is 156 g/mol. The van der Waals surface area contributed by atoms with E-state index in [4.69, 9.17) is 11.6 Å². The Morgan fingerprint density at radius 2 is 2.50 bits per heavy atom. The Balaban J connectivity index is 2.33. The van der Waals surface area contributed by atoms with Crippen LogP contribution >= 0.6 is 11.6 Å². The highest BCUT2D eigenvalue weighted by Crippen LogP contribution is 2.33. The van der Waals surface area contributed by atoms with Crippen molar-refractivity contribution < 1.29 is 0 Å². The summed E-state index contributed by atoms with van der Waals surface area (Å²) in [6.07, 6.45) is 3.10. The number of halogens is 1. The Kier molecular flexibility index (Phi) is 1.27. The van der Waals surface area contributed by atoms with Crippen LogP contribution in [0.2, 0.25) is 0 Å². The van der Waals surface area contributed by atoms with Crippen LogP contribution in [0.1, 0.15) is 13.3 Å². The smallest absolute Gasteiger partial charge is 0.0415 e. The Labute approximate surface area is 65.8 Å². The van der Waals surface area contributed by atoms with E-state index >= 15 is 0 Å². The monoisotopic (exact) mass is 155 g/mol. The summed E-state index contributed by atoms with van der Waals surface area (Å²) in [4.78, 5) is 0. The molecule has 1 heterocycles. The summed E-state index contributed by atoms with van der Waals surface area (Å²) in [5.74, 6) is 0.612. The van der Waals surface area contributed by atoms with Gasteiger partial charge in [0, 0.05) is 23.2 Å². The molecule has 0 saturated heterocycles. The molecule has 0 radical (unpaired) electrons. The van der Waals surface area contributed by atoms with Gasteiger partial charge in [-0.2, -0.15) is 0 Å². The normalized spacial score (nSPS) is 30.2. The van der Waals surface area contributed by atoms with E-state index in [0.717, 1.165) is 18.0 Å². The second-order valence-corrected chi connectivity index (χ2v) is 3.47. The van der Waals surface area contributed by atoms with Crippen LogP contribution < -0.4 is 5.32 Å². The lowest BCUT2D eigenvalue weighted by Crippen LogP contribution is -2.35. The summed E-state index contributed by atoms with van der Waals surface area (Å²) >= 11 is 5.90. The van der Waals surface area contributed by atoms with Gasteiger partial charge in [-0.15, -0.1) is 0 Å². The van der Waals surface area contributed by atoms with Crippen LogP contribution in [0.5, 0.6) is 0 Å². The second-order valence-electron chi connectivity index (χ2n) is 2.99. The fraction of sp³-hybridized carbons (Fsp3) is 0.500. The lowest BCUT2D eigenvalue weighted by molar-refractivity contribution is 0.557. The summed E-state index contributed by atoms with van der Waals surface area (Å²) in [5, 5.41) is 4.30. The van der Waals surface area contributed by atoms with Crippen molar-refractivity contribution >= 4 is 11.6 Å². The molecule has 54 valence electrons. The van der Waals surface area contributed by atoms with E-state index in [1.54, 1.807) is 0 Å². The van der Waals surface area contributed by atoms with Gasteiger partial charge in [0.2, 0.25) is 0 Å². The molecule has 0 amide bonds. The van der Waals surface area contributed by atoms with Crippen LogP contribution in [-0.4, -0.2) is 6.54 Å². The van der Waals surface area contributed by atoms with E-state index < -0.39 is 0 Å². The molecule has 0 saturated carbocycles. The first-order valence-electron chi connectivity index (χ1n) is 3.60. The molecule has 1 aliphatic carbocycles. The summed E-state index contributed by atoms with van der Waals surface area (Å²) in [5.41, 5.74) is 2.81. The minimum absolute atomic E-state index is 0.612. The van der Waals surface area contributed by atoms with Crippen molar-refractivity contribution in [3.8, 4) is 0 Å². The maximum atomic E-state index is 5.90. The molecule has 1 aliphatic heterocycles. The number of allylic oxidation sites excluding steroid dienone is 2. The molecule has 0 unspecified atom stereocenters. The highest BCUT2D eigenvalue weighted by atomic mass is 35.5. The van der Waals surface area contributed by atoms with Gasteiger partial charge in [-0.25, -0.2) is 0 Å². The van der Waals surface area contributed by atoms with Crippen molar-refractivity contribution in [3.63, 3.8) is 0 Å². The van der Waals surface area contributed by atoms with Crippen LogP contribution in [0.4, 0.5) is 0 Å². The molecule has 10 heavy (non-hydrogen) atoms. The Hall–Kier alpha value is -0.430. The lowest BCUT2D eigenvalue weighted by Gasteiger charge is -2.32. The van der Waals surface area contributed by atoms with Gasteiger partial charge in [0.1, 0.15) is 0 Å². The number of hydrogen-bond acceptors (Lipinski definition) is 1. The quantitative estimate of drug-likeness (QED) is 0.565. The summed E-state index contributed by atoms with van der Waals surface area (Å²) in [6.45, 7) is 3.22. The van der Waals surface area contributed by atoms with Gasteiger partial charge in [-0.1, -0.05) is 18.5 Å². The van der Waals surface area contributed by atoms with Gasteiger partial charge in [0.15, 0.2) is 0 Å². The molecule has 0 fully saturated rings. The van der Waals surface area contributed by atoms with E-state index in [1.165, 1.54) is 11.3 Å². The van der Waals surface area contributed by atoms with Crippen LogP contribution in [0, 0.1) is 5.92 Å². The third kappa shape index (κ3) is 0.772. The third-order valence-corrected chi connectivity index (χ3v) is 2.40. The van der Waals surface area contributed by atoms with Gasteiger partial charge in [-0.05, 0) is 18.1 Å². The van der Waals surface area contributed by atoms with Gasteiger partial charge < -0.3 is 5.32 Å². The Bertz CT molecular complexity index is 227. The first-order chi connectivity index (χ1) is 4.77. The van der Waals surface area contributed by atoms with Crippen LogP contribution in [0.3, 0.4) is 0 Å². The first kappa shape index (κ1) is 6.29. The molecule has 1 N–H and O–H groups in total. The van der Waals surface area contributed by atoms with E-state index in [-0.39, 0.29) is 0 Å². The highest BCUT2D eigenvalue weighted by molar-refractivity contribution is 6.29. The fourth-order valence-corrected chi connectivity index (χ4v) is 1.92. The molecule has 2 heteroatoms. The fourth-order valence-electron chi connectivity index (χ4n) is 1.55. The predicted octanol–water partition coefficient (Wildman–Crippen LogP) is 2.01. The van der Waals surface area contributed by atoms with Crippen molar-refractivity contribution in [1.82, 2.24) is 5.32 Å². The SMILES string of the molecule is C[C@@H]1CC(Cl)=CC2=C1NC2. The topological polar surface area (TPSA) is 12.0 Å². The molecule has 1 atom stereocenters. The van der Waals surface area contributed by atoms with Crippen molar-refractivity contribution in [1.29, 1.82) is 0 Å². The largest absolute Gasteiger partial charge is 0.384 e. The zero-order chi connectivity index (χ0) is 7.14. The molecular formula is C8H10ClN. The van der Waals surface area contributed by atoms with Gasteiger partial charge in [0.25, 0.3) is 0 Å². The van der Waals surface area contributed by atoms with Crippen molar-refractivity contribution in [2.75, 3.05) is 6.54 Å². The minimum Gasteiger partial charge on any atom is -0.384 e. The molecule has 0 spiro atoms. The summed E-state index contributed by atoms with van der Waals surface area (Å²) < 4.78 is 0. The standard InChI is InChI=1S/C8H10ClN/c1-5-2-7(9)3-6-4-10-8(5)6/h3,5,10H,2,4H2,1H3/t5-/m1/s1. The lowest BCUT2D eigenvalue weighted by atomic mass is 9.89. The zero-order valence-electron chi connectivity index (χ0n) is 5.95. The zero-order valence-corrected chi connectivity index (χ0v) is 6.70. The predicted molar refractivity (Wildman–Crippen MR) is 42.7 cm³/mol. The van der Waals surface area contributed by atoms with Gasteiger partial charge in [-0.3, -0.25) is 0 Å². The molecule has 2 aliphatic rings. The number of nitrogens with one attached hydrogen (secondary N) is 1. The van der Waals surface area contributed by atoms with Crippen molar-refractivity contribution in [2.45, 2.75) is 13.3 Å². The highest BCUT2D eigenvalue weighted by Gasteiger charge is 2.24. The minimum atomic E-state index is 0.612. The Morgan fingerprint density at radius 1 is 1.70 bits per heavy atom. The van der Waals surface area contributed by atoms with E-state index in [0.29, 0.717) is 5.92 Å². The number of rotatable bonds is 0. The molecule has 1 nitrogen and oxygen atoms in total. The van der Waals surface area contributed by atoms with E-state index in [2.05, 4.69) is 18.3 Å². The van der Waals surface area contributed by atoms with Crippen LogP contribution in [0.15, 0.2) is 22.4 Å². The molecule has 0 aromatic rings.